The Kier molecular flexibility index (Phi) is 4.92. The van der Waals surface area contributed by atoms with Crippen LogP contribution in [0, 0.1) is 5.82 Å². The highest BCUT2D eigenvalue weighted by Gasteiger charge is 2.34. The van der Waals surface area contributed by atoms with Crippen molar-refractivity contribution in [2.45, 2.75) is 24.2 Å². The predicted octanol–water partition coefficient (Wildman–Crippen LogP) is 3.81. The second-order valence-corrected chi connectivity index (χ2v) is 8.63. The van der Waals surface area contributed by atoms with E-state index >= 15 is 0 Å². The van der Waals surface area contributed by atoms with Gasteiger partial charge in [-0.25, -0.2) is 17.5 Å². The summed E-state index contributed by atoms with van der Waals surface area (Å²) < 4.78 is 40.9. The van der Waals surface area contributed by atoms with Gasteiger partial charge in [0.2, 0.25) is 5.91 Å². The molecule has 0 fully saturated rings. The molecule has 0 saturated heterocycles. The summed E-state index contributed by atoms with van der Waals surface area (Å²) in [5.41, 5.74) is -0.518. The van der Waals surface area contributed by atoms with Gasteiger partial charge in [-0.05, 0) is 49.7 Å². The normalized spacial score (nSPS) is 12.1. The van der Waals surface area contributed by atoms with Crippen LogP contribution in [-0.4, -0.2) is 19.3 Å². The third kappa shape index (κ3) is 3.79. The monoisotopic (exact) mass is 406 g/mol. The largest absolute Gasteiger partial charge is 0.273 e. The Morgan fingerprint density at radius 3 is 2.48 bits per heavy atom. The van der Waals surface area contributed by atoms with Crippen LogP contribution in [0.2, 0.25) is 5.02 Å². The van der Waals surface area contributed by atoms with E-state index in [1.165, 1.54) is 36.5 Å². The van der Waals surface area contributed by atoms with E-state index < -0.39 is 27.2 Å². The second kappa shape index (κ2) is 6.90. The van der Waals surface area contributed by atoms with Crippen LogP contribution in [0.1, 0.15) is 19.4 Å². The number of nitrogens with zero attached hydrogens (tertiary/aromatic N) is 1. The Morgan fingerprint density at radius 2 is 1.81 bits per heavy atom. The van der Waals surface area contributed by atoms with Gasteiger partial charge in [0.25, 0.3) is 10.0 Å². The molecule has 5 nitrogen and oxygen atoms in total. The van der Waals surface area contributed by atoms with Crippen molar-refractivity contribution in [3.63, 3.8) is 0 Å². The van der Waals surface area contributed by atoms with Gasteiger partial charge in [-0.3, -0.25) is 9.78 Å². The molecule has 3 aromatic rings. The van der Waals surface area contributed by atoms with Gasteiger partial charge >= 0.3 is 0 Å². The van der Waals surface area contributed by atoms with E-state index in [-0.39, 0.29) is 15.4 Å². The lowest BCUT2D eigenvalue weighted by Gasteiger charge is -2.24. The van der Waals surface area contributed by atoms with E-state index in [0.717, 1.165) is 0 Å². The quantitative estimate of drug-likeness (QED) is 0.714. The first-order valence-electron chi connectivity index (χ1n) is 7.99. The Bertz CT molecular complexity index is 1130. The molecular formula is C19H16ClFN2O3S. The second-order valence-electron chi connectivity index (χ2n) is 6.55. The maximum atomic E-state index is 13.1. The van der Waals surface area contributed by atoms with Gasteiger partial charge in [0.1, 0.15) is 10.7 Å². The van der Waals surface area contributed by atoms with Crippen LogP contribution < -0.4 is 4.72 Å². The summed E-state index contributed by atoms with van der Waals surface area (Å²) in [4.78, 5) is 16.6. The smallest absolute Gasteiger partial charge is 0.266 e. The SMILES string of the molecule is CC(C)(C(=O)NS(=O)(=O)c1cc(Cl)cc2cccnc12)c1ccc(F)cc1. The van der Waals surface area contributed by atoms with Crippen LogP contribution in [0.5, 0.6) is 0 Å². The van der Waals surface area contributed by atoms with Crippen molar-refractivity contribution in [2.24, 2.45) is 0 Å². The number of hydrogen-bond donors (Lipinski definition) is 1. The number of nitrogens with one attached hydrogen (secondary N) is 1. The first-order chi connectivity index (χ1) is 12.6. The van der Waals surface area contributed by atoms with E-state index in [0.29, 0.717) is 10.9 Å². The van der Waals surface area contributed by atoms with E-state index in [1.807, 2.05) is 0 Å². The van der Waals surface area contributed by atoms with Crippen molar-refractivity contribution in [1.29, 1.82) is 0 Å². The summed E-state index contributed by atoms with van der Waals surface area (Å²) in [6.07, 6.45) is 1.46. The number of sulfonamides is 1. The van der Waals surface area contributed by atoms with Crippen molar-refractivity contribution in [2.75, 3.05) is 0 Å². The van der Waals surface area contributed by atoms with Crippen molar-refractivity contribution in [3.8, 4) is 0 Å². The topological polar surface area (TPSA) is 76.1 Å². The summed E-state index contributed by atoms with van der Waals surface area (Å²) in [5.74, 6) is -1.20. The molecule has 0 radical (unpaired) electrons. The lowest BCUT2D eigenvalue weighted by atomic mass is 9.84. The zero-order valence-electron chi connectivity index (χ0n) is 14.5. The van der Waals surface area contributed by atoms with Crippen LogP contribution in [0.4, 0.5) is 4.39 Å². The lowest BCUT2D eigenvalue weighted by molar-refractivity contribution is -0.123. The van der Waals surface area contributed by atoms with Gasteiger partial charge in [0.15, 0.2) is 0 Å². The highest BCUT2D eigenvalue weighted by molar-refractivity contribution is 7.90. The van der Waals surface area contributed by atoms with Crippen molar-refractivity contribution < 1.29 is 17.6 Å². The average Bonchev–Trinajstić information content (AvgIpc) is 2.61. The van der Waals surface area contributed by atoms with Gasteiger partial charge in [-0.1, -0.05) is 29.8 Å². The molecule has 1 N–H and O–H groups in total. The van der Waals surface area contributed by atoms with Crippen molar-refractivity contribution in [1.82, 2.24) is 9.71 Å². The summed E-state index contributed by atoms with van der Waals surface area (Å²) in [6, 6.07) is 11.5. The molecule has 0 atom stereocenters. The molecule has 0 aliphatic rings. The number of amides is 1. The molecule has 0 spiro atoms. The predicted molar refractivity (Wildman–Crippen MR) is 102 cm³/mol. The Labute approximate surface area is 161 Å². The molecular weight excluding hydrogens is 391 g/mol. The van der Waals surface area contributed by atoms with Gasteiger partial charge in [0.05, 0.1) is 10.9 Å². The van der Waals surface area contributed by atoms with Gasteiger partial charge < -0.3 is 0 Å². The zero-order chi connectivity index (χ0) is 19.8. The van der Waals surface area contributed by atoms with Crippen LogP contribution in [-0.2, 0) is 20.2 Å². The van der Waals surface area contributed by atoms with Crippen LogP contribution >= 0.6 is 11.6 Å². The standard InChI is InChI=1S/C19H16ClFN2O3S/c1-19(2,13-5-7-15(21)8-6-13)18(24)23-27(25,26)16-11-14(20)10-12-4-3-9-22-17(12)16/h3-11H,1-2H3,(H,23,24). The Morgan fingerprint density at radius 1 is 1.15 bits per heavy atom. The molecule has 0 bridgehead atoms. The summed E-state index contributed by atoms with van der Waals surface area (Å²) >= 11 is 6.03. The summed E-state index contributed by atoms with van der Waals surface area (Å²) in [6.45, 7) is 3.11. The fraction of sp³-hybridized carbons (Fsp3) is 0.158. The molecule has 0 unspecified atom stereocenters. The summed E-state index contributed by atoms with van der Waals surface area (Å²) in [7, 11) is -4.23. The highest BCUT2D eigenvalue weighted by Crippen LogP contribution is 2.28. The first-order valence-corrected chi connectivity index (χ1v) is 9.85. The number of benzene rings is 2. The molecule has 8 heteroatoms. The number of carbonyl (C=O) groups is 1. The maximum Gasteiger partial charge on any atom is 0.266 e. The first kappa shape index (κ1) is 19.3. The molecule has 0 aliphatic carbocycles. The minimum Gasteiger partial charge on any atom is -0.273 e. The average molecular weight is 407 g/mol. The van der Waals surface area contributed by atoms with Gasteiger partial charge in [-0.15, -0.1) is 0 Å². The molecule has 140 valence electrons. The van der Waals surface area contributed by atoms with Gasteiger partial charge in [0, 0.05) is 16.6 Å². The van der Waals surface area contributed by atoms with Gasteiger partial charge in [-0.2, -0.15) is 0 Å². The Hall–Kier alpha value is -2.51. The Balaban J connectivity index is 1.99. The molecule has 1 aromatic heterocycles. The zero-order valence-corrected chi connectivity index (χ0v) is 16.1. The number of pyridine rings is 1. The lowest BCUT2D eigenvalue weighted by Crippen LogP contribution is -2.43. The maximum absolute atomic E-state index is 13.1. The van der Waals surface area contributed by atoms with E-state index in [4.69, 9.17) is 11.6 Å². The molecule has 2 aromatic carbocycles. The molecule has 3 rings (SSSR count). The van der Waals surface area contributed by atoms with E-state index in [9.17, 15) is 17.6 Å². The van der Waals surface area contributed by atoms with E-state index in [2.05, 4.69) is 9.71 Å². The molecule has 0 aliphatic heterocycles. The van der Waals surface area contributed by atoms with Crippen molar-refractivity contribution >= 4 is 38.4 Å². The number of aromatic nitrogens is 1. The number of rotatable bonds is 4. The van der Waals surface area contributed by atoms with Crippen molar-refractivity contribution in [3.05, 3.63) is 71.1 Å². The minimum atomic E-state index is -4.23. The van der Waals surface area contributed by atoms with Crippen LogP contribution in [0.25, 0.3) is 10.9 Å². The summed E-state index contributed by atoms with van der Waals surface area (Å²) in [5, 5.41) is 0.747. The number of carbonyl (C=O) groups excluding carboxylic acids is 1. The fourth-order valence-corrected chi connectivity index (χ4v) is 4.24. The molecule has 1 heterocycles. The highest BCUT2D eigenvalue weighted by atomic mass is 35.5. The number of hydrogen-bond acceptors (Lipinski definition) is 4. The number of halogens is 2. The fourth-order valence-electron chi connectivity index (χ4n) is 2.63. The van der Waals surface area contributed by atoms with Crippen LogP contribution in [0.15, 0.2) is 59.6 Å². The minimum absolute atomic E-state index is 0.186. The molecule has 27 heavy (non-hydrogen) atoms. The third-order valence-corrected chi connectivity index (χ3v) is 5.85. The molecule has 0 saturated carbocycles. The van der Waals surface area contributed by atoms with Crippen LogP contribution in [0.3, 0.4) is 0 Å². The number of fused-ring (bicyclic) bond motifs is 1. The third-order valence-electron chi connectivity index (χ3n) is 4.28. The molecule has 1 amide bonds. The van der Waals surface area contributed by atoms with E-state index in [1.54, 1.807) is 32.0 Å².